The zero-order valence-corrected chi connectivity index (χ0v) is 17.5. The van der Waals surface area contributed by atoms with Gasteiger partial charge in [0.05, 0.1) is 11.4 Å². The Balaban J connectivity index is 2.15. The lowest BCUT2D eigenvalue weighted by atomic mass is 10.1. The fraction of sp³-hybridized carbons (Fsp3) is 0.318. The van der Waals surface area contributed by atoms with E-state index in [1.807, 2.05) is 19.1 Å². The molecule has 2 aromatic rings. The molecule has 0 atom stereocenters. The van der Waals surface area contributed by atoms with Crippen molar-refractivity contribution in [2.24, 2.45) is 0 Å². The van der Waals surface area contributed by atoms with Crippen molar-refractivity contribution in [1.29, 1.82) is 0 Å². The van der Waals surface area contributed by atoms with Gasteiger partial charge in [0.15, 0.2) is 0 Å². The second-order valence-corrected chi connectivity index (χ2v) is 7.64. The molecule has 4 N–H and O–H groups in total. The minimum atomic E-state index is -1.19. The molecule has 0 aliphatic carbocycles. The molecular weight excluding hydrogens is 386 g/mol. The van der Waals surface area contributed by atoms with Gasteiger partial charge in [-0.3, -0.25) is 14.9 Å². The Labute approximate surface area is 175 Å². The summed E-state index contributed by atoms with van der Waals surface area (Å²) in [6.07, 6.45) is -0.485. The molecule has 0 aromatic heterocycles. The molecular formula is C22H27N3O5. The molecule has 8 heteroatoms. The van der Waals surface area contributed by atoms with E-state index in [4.69, 9.17) is 9.84 Å². The van der Waals surface area contributed by atoms with E-state index < -0.39 is 30.0 Å². The molecule has 2 aromatic carbocycles. The Bertz CT molecular complexity index is 917. The van der Waals surface area contributed by atoms with Crippen molar-refractivity contribution in [3.63, 3.8) is 0 Å². The van der Waals surface area contributed by atoms with Gasteiger partial charge >= 0.3 is 12.1 Å². The molecule has 0 bridgehead atoms. The van der Waals surface area contributed by atoms with Gasteiger partial charge in [0.1, 0.15) is 12.0 Å². The number of nitrogens with one attached hydrogen (secondary N) is 3. The van der Waals surface area contributed by atoms with Gasteiger partial charge < -0.3 is 20.5 Å². The maximum Gasteiger partial charge on any atom is 0.412 e. The number of amides is 2. The molecule has 0 unspecified atom stereocenters. The van der Waals surface area contributed by atoms with Gasteiger partial charge in [-0.2, -0.15) is 0 Å². The van der Waals surface area contributed by atoms with E-state index in [1.54, 1.807) is 51.1 Å². The van der Waals surface area contributed by atoms with Crippen LogP contribution >= 0.6 is 0 Å². The van der Waals surface area contributed by atoms with E-state index in [9.17, 15) is 14.4 Å². The molecule has 0 heterocycles. The summed E-state index contributed by atoms with van der Waals surface area (Å²) in [7, 11) is 0. The molecule has 0 aliphatic rings. The number of aryl methyl sites for hydroxylation is 1. The summed E-state index contributed by atoms with van der Waals surface area (Å²) >= 11 is 0. The fourth-order valence-electron chi connectivity index (χ4n) is 2.68. The minimum absolute atomic E-state index is 0.540. The third-order valence-electron chi connectivity index (χ3n) is 3.92. The number of carbonyl (C=O) groups excluding carboxylic acids is 2. The summed E-state index contributed by atoms with van der Waals surface area (Å²) in [5.41, 5.74) is 2.78. The number of carboxylic acid groups (broad SMARTS) is 1. The van der Waals surface area contributed by atoms with Gasteiger partial charge in [0.25, 0.3) is 0 Å². The van der Waals surface area contributed by atoms with Gasteiger partial charge in [-0.25, -0.2) is 4.79 Å². The van der Waals surface area contributed by atoms with Gasteiger partial charge in [0.2, 0.25) is 5.91 Å². The lowest BCUT2D eigenvalue weighted by Gasteiger charge is -2.20. The molecule has 0 radical (unpaired) electrons. The van der Waals surface area contributed by atoms with Crippen LogP contribution in [-0.4, -0.2) is 28.7 Å². The van der Waals surface area contributed by atoms with Crippen LogP contribution in [0, 0.1) is 0 Å². The first-order valence-corrected chi connectivity index (χ1v) is 9.58. The van der Waals surface area contributed by atoms with Crippen molar-refractivity contribution in [1.82, 2.24) is 0 Å². The number of anilines is 4. The molecule has 0 spiro atoms. The second kappa shape index (κ2) is 9.78. The monoisotopic (exact) mass is 413 g/mol. The quantitative estimate of drug-likeness (QED) is 0.487. The Hall–Kier alpha value is -3.55. The second-order valence-electron chi connectivity index (χ2n) is 7.64. The predicted octanol–water partition coefficient (Wildman–Crippen LogP) is 4.75. The Morgan fingerprint density at radius 3 is 2.17 bits per heavy atom. The van der Waals surface area contributed by atoms with Crippen LogP contribution in [0.15, 0.2) is 42.5 Å². The molecule has 0 saturated heterocycles. The van der Waals surface area contributed by atoms with Crippen molar-refractivity contribution in [3.8, 4) is 0 Å². The van der Waals surface area contributed by atoms with Crippen LogP contribution in [-0.2, 0) is 20.7 Å². The molecule has 8 nitrogen and oxygen atoms in total. The maximum absolute atomic E-state index is 12.0. The van der Waals surface area contributed by atoms with E-state index in [0.29, 0.717) is 23.5 Å². The summed E-state index contributed by atoms with van der Waals surface area (Å²) in [6, 6.07) is 12.5. The summed E-state index contributed by atoms with van der Waals surface area (Å²) in [5, 5.41) is 17.4. The number of ether oxygens (including phenoxy) is 1. The van der Waals surface area contributed by atoms with Crippen LogP contribution in [0.25, 0.3) is 0 Å². The topological polar surface area (TPSA) is 117 Å². The summed E-state index contributed by atoms with van der Waals surface area (Å²) in [5.74, 6) is -1.78. The number of hydrogen-bond acceptors (Lipinski definition) is 5. The van der Waals surface area contributed by atoms with Crippen LogP contribution in [0.3, 0.4) is 0 Å². The van der Waals surface area contributed by atoms with Gasteiger partial charge in [0, 0.05) is 11.4 Å². The number of benzene rings is 2. The Morgan fingerprint density at radius 1 is 0.967 bits per heavy atom. The van der Waals surface area contributed by atoms with E-state index in [0.717, 1.165) is 11.3 Å². The van der Waals surface area contributed by atoms with Crippen LogP contribution in [0.5, 0.6) is 0 Å². The molecule has 160 valence electrons. The van der Waals surface area contributed by atoms with E-state index in [1.165, 1.54) is 0 Å². The summed E-state index contributed by atoms with van der Waals surface area (Å²) < 4.78 is 5.23. The van der Waals surface area contributed by atoms with E-state index in [-0.39, 0.29) is 0 Å². The highest BCUT2D eigenvalue weighted by atomic mass is 16.6. The number of rotatable bonds is 7. The molecule has 30 heavy (non-hydrogen) atoms. The molecule has 0 aliphatic heterocycles. The van der Waals surface area contributed by atoms with E-state index >= 15 is 0 Å². The zero-order chi connectivity index (χ0) is 22.3. The highest BCUT2D eigenvalue weighted by molar-refractivity contribution is 6.03. The van der Waals surface area contributed by atoms with E-state index in [2.05, 4.69) is 16.0 Å². The third kappa shape index (κ3) is 7.12. The molecule has 2 rings (SSSR count). The average molecular weight is 413 g/mol. The highest BCUT2D eigenvalue weighted by Crippen LogP contribution is 2.30. The average Bonchev–Trinajstić information content (AvgIpc) is 2.62. The van der Waals surface area contributed by atoms with Crippen molar-refractivity contribution >= 4 is 40.7 Å². The summed E-state index contributed by atoms with van der Waals surface area (Å²) in [6.45, 7) is 7.31. The lowest BCUT2D eigenvalue weighted by Crippen LogP contribution is -2.27. The number of aliphatic carboxylic acids is 1. The molecule has 0 fully saturated rings. The zero-order valence-electron chi connectivity index (χ0n) is 17.5. The SMILES string of the molecule is CCc1cccc(Nc2ccc(NC(=O)OC(C)(C)C)cc2)c1NC(=O)CC(=O)O. The molecule has 0 saturated carbocycles. The summed E-state index contributed by atoms with van der Waals surface area (Å²) in [4.78, 5) is 34.6. The van der Waals surface area contributed by atoms with Crippen molar-refractivity contribution in [2.75, 3.05) is 16.0 Å². The highest BCUT2D eigenvalue weighted by Gasteiger charge is 2.16. The molecule has 2 amide bonds. The number of hydrogen-bond donors (Lipinski definition) is 4. The number of para-hydroxylation sites is 1. The maximum atomic E-state index is 12.0. The van der Waals surface area contributed by atoms with Gasteiger partial charge in [-0.1, -0.05) is 19.1 Å². The third-order valence-corrected chi connectivity index (χ3v) is 3.92. The smallest absolute Gasteiger partial charge is 0.412 e. The standard InChI is InChI=1S/C22H27N3O5/c1-5-14-7-6-8-17(20(14)25-18(26)13-19(27)28)23-15-9-11-16(12-10-15)24-21(29)30-22(2,3)4/h6-12,23H,5,13H2,1-4H3,(H,24,29)(H,25,26)(H,27,28). The first-order valence-electron chi connectivity index (χ1n) is 9.58. The lowest BCUT2D eigenvalue weighted by molar-refractivity contribution is -0.139. The van der Waals surface area contributed by atoms with Crippen molar-refractivity contribution in [3.05, 3.63) is 48.0 Å². The number of carbonyl (C=O) groups is 3. The Morgan fingerprint density at radius 2 is 1.60 bits per heavy atom. The minimum Gasteiger partial charge on any atom is -0.481 e. The van der Waals surface area contributed by atoms with Crippen LogP contribution < -0.4 is 16.0 Å². The van der Waals surface area contributed by atoms with Crippen LogP contribution in [0.4, 0.5) is 27.5 Å². The van der Waals surface area contributed by atoms with Gasteiger partial charge in [-0.15, -0.1) is 0 Å². The largest absolute Gasteiger partial charge is 0.481 e. The van der Waals surface area contributed by atoms with Gasteiger partial charge in [-0.05, 0) is 63.1 Å². The number of carboxylic acids is 1. The van der Waals surface area contributed by atoms with Crippen molar-refractivity contribution in [2.45, 2.75) is 46.1 Å². The van der Waals surface area contributed by atoms with Crippen LogP contribution in [0.2, 0.25) is 0 Å². The first-order chi connectivity index (χ1) is 14.1. The normalized spacial score (nSPS) is 10.8. The van der Waals surface area contributed by atoms with Crippen LogP contribution in [0.1, 0.15) is 39.7 Å². The first kappa shape index (κ1) is 22.7. The fourth-order valence-corrected chi connectivity index (χ4v) is 2.68. The predicted molar refractivity (Wildman–Crippen MR) is 116 cm³/mol. The van der Waals surface area contributed by atoms with Crippen molar-refractivity contribution < 1.29 is 24.2 Å². The Kier molecular flexibility index (Phi) is 7.41.